The first-order valence-electron chi connectivity index (χ1n) is 7.76. The van der Waals surface area contributed by atoms with E-state index in [0.29, 0.717) is 0 Å². The Morgan fingerprint density at radius 3 is 2.68 bits per heavy atom. The lowest BCUT2D eigenvalue weighted by Gasteiger charge is -2.37. The Balaban J connectivity index is 1.83. The highest BCUT2D eigenvalue weighted by Gasteiger charge is 2.20. The molecule has 0 saturated carbocycles. The second-order valence-electron chi connectivity index (χ2n) is 5.82. The highest BCUT2D eigenvalue weighted by atomic mass is 16.5. The first-order chi connectivity index (χ1) is 10.7. The number of aliphatic hydroxyl groups excluding tert-OH is 1. The Labute approximate surface area is 131 Å². The van der Waals surface area contributed by atoms with Crippen molar-refractivity contribution >= 4 is 16.6 Å². The van der Waals surface area contributed by atoms with Crippen molar-refractivity contribution in [2.45, 2.75) is 13.0 Å². The molecule has 1 aromatic heterocycles. The van der Waals surface area contributed by atoms with Gasteiger partial charge in [0.1, 0.15) is 11.3 Å². The lowest BCUT2D eigenvalue weighted by atomic mass is 10.1. The molecule has 5 heteroatoms. The SMILES string of the molecule is COc1cccc2c(N3CCN(C[C@@H](C)O)CC3)ccnc12. The van der Waals surface area contributed by atoms with E-state index in [9.17, 15) is 5.11 Å². The minimum atomic E-state index is -0.266. The normalized spacial score (nSPS) is 17.7. The average Bonchev–Trinajstić information content (AvgIpc) is 2.54. The van der Waals surface area contributed by atoms with Gasteiger partial charge in [0.2, 0.25) is 0 Å². The minimum Gasteiger partial charge on any atom is -0.494 e. The quantitative estimate of drug-likeness (QED) is 0.932. The van der Waals surface area contributed by atoms with Crippen LogP contribution in [0.1, 0.15) is 6.92 Å². The highest BCUT2D eigenvalue weighted by molar-refractivity contribution is 5.95. The summed E-state index contributed by atoms with van der Waals surface area (Å²) < 4.78 is 5.41. The molecule has 3 rings (SSSR count). The summed E-state index contributed by atoms with van der Waals surface area (Å²) in [7, 11) is 1.68. The van der Waals surface area contributed by atoms with E-state index in [1.54, 1.807) is 7.11 Å². The topological polar surface area (TPSA) is 48.8 Å². The van der Waals surface area contributed by atoms with Crippen molar-refractivity contribution in [2.75, 3.05) is 44.7 Å². The number of para-hydroxylation sites is 1. The second kappa shape index (κ2) is 6.50. The van der Waals surface area contributed by atoms with Gasteiger partial charge in [0.05, 0.1) is 13.2 Å². The van der Waals surface area contributed by atoms with Crippen molar-refractivity contribution in [1.29, 1.82) is 0 Å². The third kappa shape index (κ3) is 3.00. The van der Waals surface area contributed by atoms with E-state index in [0.717, 1.165) is 49.4 Å². The molecule has 1 aromatic carbocycles. The zero-order valence-corrected chi connectivity index (χ0v) is 13.2. The number of rotatable bonds is 4. The van der Waals surface area contributed by atoms with Gasteiger partial charge in [-0.25, -0.2) is 0 Å². The van der Waals surface area contributed by atoms with Crippen LogP contribution in [0.15, 0.2) is 30.5 Å². The molecule has 0 unspecified atom stereocenters. The van der Waals surface area contributed by atoms with Crippen molar-refractivity contribution in [2.24, 2.45) is 0 Å². The molecule has 0 radical (unpaired) electrons. The smallest absolute Gasteiger partial charge is 0.145 e. The first kappa shape index (κ1) is 15.1. The molecule has 1 atom stereocenters. The number of fused-ring (bicyclic) bond motifs is 1. The molecule has 22 heavy (non-hydrogen) atoms. The van der Waals surface area contributed by atoms with E-state index in [1.807, 2.05) is 25.3 Å². The standard InChI is InChI=1S/C17H23N3O2/c1-13(21)12-19-8-10-20(11-9-19)15-6-7-18-17-14(15)4-3-5-16(17)22-2/h3-7,13,21H,8-12H2,1-2H3/t13-/m1/s1. The van der Waals surface area contributed by atoms with Crippen LogP contribution in [0, 0.1) is 0 Å². The molecule has 0 spiro atoms. The van der Waals surface area contributed by atoms with Crippen LogP contribution in [0.25, 0.3) is 10.9 Å². The fraction of sp³-hybridized carbons (Fsp3) is 0.471. The Morgan fingerprint density at radius 1 is 1.23 bits per heavy atom. The number of pyridine rings is 1. The number of β-amino-alcohol motifs (C(OH)–C–C–N with tert-alkyl or cyclic N) is 1. The van der Waals surface area contributed by atoms with E-state index in [-0.39, 0.29) is 6.10 Å². The molecule has 118 valence electrons. The Kier molecular flexibility index (Phi) is 4.45. The maximum Gasteiger partial charge on any atom is 0.145 e. The van der Waals surface area contributed by atoms with Gasteiger partial charge < -0.3 is 14.7 Å². The van der Waals surface area contributed by atoms with Crippen LogP contribution in [0.5, 0.6) is 5.75 Å². The lowest BCUT2D eigenvalue weighted by molar-refractivity contribution is 0.123. The number of hydrogen-bond donors (Lipinski definition) is 1. The second-order valence-corrected chi connectivity index (χ2v) is 5.82. The van der Waals surface area contributed by atoms with Crippen LogP contribution in [0.4, 0.5) is 5.69 Å². The van der Waals surface area contributed by atoms with Crippen molar-refractivity contribution < 1.29 is 9.84 Å². The van der Waals surface area contributed by atoms with Crippen molar-refractivity contribution in [3.63, 3.8) is 0 Å². The number of nitrogens with zero attached hydrogens (tertiary/aromatic N) is 3. The number of ether oxygens (including phenoxy) is 1. The van der Waals surface area contributed by atoms with Crippen molar-refractivity contribution in [3.05, 3.63) is 30.5 Å². The summed E-state index contributed by atoms with van der Waals surface area (Å²) in [6, 6.07) is 8.13. The van der Waals surface area contributed by atoms with E-state index < -0.39 is 0 Å². The number of aliphatic hydroxyl groups is 1. The van der Waals surface area contributed by atoms with Crippen LogP contribution in [0.3, 0.4) is 0 Å². The third-order valence-electron chi connectivity index (χ3n) is 4.17. The molecule has 1 fully saturated rings. The number of hydrogen-bond acceptors (Lipinski definition) is 5. The molecule has 2 aromatic rings. The molecule has 1 aliphatic heterocycles. The van der Waals surface area contributed by atoms with Crippen LogP contribution in [-0.4, -0.2) is 60.9 Å². The van der Waals surface area contributed by atoms with Gasteiger partial charge in [-0.3, -0.25) is 9.88 Å². The molecular formula is C17H23N3O2. The van der Waals surface area contributed by atoms with Gasteiger partial charge in [-0.2, -0.15) is 0 Å². The van der Waals surface area contributed by atoms with E-state index in [1.165, 1.54) is 5.69 Å². The molecular weight excluding hydrogens is 278 g/mol. The Hall–Kier alpha value is -1.85. The molecule has 0 bridgehead atoms. The summed E-state index contributed by atoms with van der Waals surface area (Å²) in [4.78, 5) is 9.17. The average molecular weight is 301 g/mol. The maximum absolute atomic E-state index is 9.51. The summed E-state index contributed by atoms with van der Waals surface area (Å²) in [6.45, 7) is 6.46. The van der Waals surface area contributed by atoms with Gasteiger partial charge >= 0.3 is 0 Å². The highest BCUT2D eigenvalue weighted by Crippen LogP contribution is 2.31. The predicted molar refractivity (Wildman–Crippen MR) is 88.6 cm³/mol. The minimum absolute atomic E-state index is 0.266. The number of anilines is 1. The summed E-state index contributed by atoms with van der Waals surface area (Å²) in [5.74, 6) is 0.812. The van der Waals surface area contributed by atoms with Crippen LogP contribution in [0.2, 0.25) is 0 Å². The van der Waals surface area contributed by atoms with Gasteiger partial charge in [-0.05, 0) is 19.1 Å². The molecule has 0 aliphatic carbocycles. The molecule has 5 nitrogen and oxygen atoms in total. The zero-order chi connectivity index (χ0) is 15.5. The van der Waals surface area contributed by atoms with Crippen molar-refractivity contribution in [3.8, 4) is 5.75 Å². The lowest BCUT2D eigenvalue weighted by Crippen LogP contribution is -2.48. The zero-order valence-electron chi connectivity index (χ0n) is 13.2. The number of benzene rings is 1. The van der Waals surface area contributed by atoms with Gasteiger partial charge in [-0.1, -0.05) is 12.1 Å². The van der Waals surface area contributed by atoms with Crippen LogP contribution < -0.4 is 9.64 Å². The summed E-state index contributed by atoms with van der Waals surface area (Å²) in [5.41, 5.74) is 2.12. The summed E-state index contributed by atoms with van der Waals surface area (Å²) in [5, 5.41) is 10.6. The van der Waals surface area contributed by atoms with Gasteiger partial charge in [-0.15, -0.1) is 0 Å². The van der Waals surface area contributed by atoms with Crippen molar-refractivity contribution in [1.82, 2.24) is 9.88 Å². The Morgan fingerprint density at radius 2 is 2.00 bits per heavy atom. The van der Waals surface area contributed by atoms with Gasteiger partial charge in [0.25, 0.3) is 0 Å². The molecule has 1 N–H and O–H groups in total. The molecule has 0 amide bonds. The van der Waals surface area contributed by atoms with E-state index in [4.69, 9.17) is 4.74 Å². The third-order valence-corrected chi connectivity index (χ3v) is 4.17. The predicted octanol–water partition coefficient (Wildman–Crippen LogP) is 1.75. The van der Waals surface area contributed by atoms with Crippen LogP contribution in [-0.2, 0) is 0 Å². The van der Waals surface area contributed by atoms with E-state index in [2.05, 4.69) is 26.9 Å². The maximum atomic E-state index is 9.51. The summed E-state index contributed by atoms with van der Waals surface area (Å²) >= 11 is 0. The fourth-order valence-electron chi connectivity index (χ4n) is 3.12. The summed E-state index contributed by atoms with van der Waals surface area (Å²) in [6.07, 6.45) is 1.58. The largest absolute Gasteiger partial charge is 0.494 e. The molecule has 2 heterocycles. The van der Waals surface area contributed by atoms with E-state index >= 15 is 0 Å². The van der Waals surface area contributed by atoms with Crippen LogP contribution >= 0.6 is 0 Å². The van der Waals surface area contributed by atoms with Gasteiger partial charge in [0, 0.05) is 50.0 Å². The number of piperazine rings is 1. The first-order valence-corrected chi connectivity index (χ1v) is 7.76. The molecule has 1 saturated heterocycles. The number of aromatic nitrogens is 1. The number of methoxy groups -OCH3 is 1. The monoisotopic (exact) mass is 301 g/mol. The fourth-order valence-corrected chi connectivity index (χ4v) is 3.12. The van der Waals surface area contributed by atoms with Gasteiger partial charge in [0.15, 0.2) is 0 Å². The Bertz CT molecular complexity index is 637. The molecule has 1 aliphatic rings.